The Morgan fingerprint density at radius 1 is 1.47 bits per heavy atom. The molecule has 0 aromatic carbocycles. The second-order valence-corrected chi connectivity index (χ2v) is 4.48. The molecule has 4 nitrogen and oxygen atoms in total. The highest BCUT2D eigenvalue weighted by Gasteiger charge is 2.30. The number of hydrogen-bond donors (Lipinski definition) is 1. The van der Waals surface area contributed by atoms with Crippen molar-refractivity contribution in [3.8, 4) is 0 Å². The van der Waals surface area contributed by atoms with Gasteiger partial charge in [0.1, 0.15) is 0 Å². The Balaban J connectivity index is 1.99. The molecule has 0 saturated heterocycles. The molecule has 0 bridgehead atoms. The van der Waals surface area contributed by atoms with Gasteiger partial charge in [0, 0.05) is 29.2 Å². The SMILES string of the molecule is NC1CC(c2nc3cc(Cl)ccn3n2)C1. The van der Waals surface area contributed by atoms with Crippen molar-refractivity contribution in [2.75, 3.05) is 0 Å². The fourth-order valence-electron chi connectivity index (χ4n) is 1.92. The van der Waals surface area contributed by atoms with Crippen molar-refractivity contribution in [2.24, 2.45) is 5.73 Å². The molecule has 0 atom stereocenters. The molecule has 0 unspecified atom stereocenters. The summed E-state index contributed by atoms with van der Waals surface area (Å²) in [5, 5.41) is 5.09. The Hall–Kier alpha value is -1.13. The van der Waals surface area contributed by atoms with Gasteiger partial charge in [0.25, 0.3) is 0 Å². The quantitative estimate of drug-likeness (QED) is 0.797. The fraction of sp³-hybridized carbons (Fsp3) is 0.400. The molecule has 0 aliphatic heterocycles. The molecule has 2 N–H and O–H groups in total. The van der Waals surface area contributed by atoms with Gasteiger partial charge in [0.2, 0.25) is 0 Å². The van der Waals surface area contributed by atoms with Gasteiger partial charge < -0.3 is 5.73 Å². The average Bonchev–Trinajstić information content (AvgIpc) is 2.55. The lowest BCUT2D eigenvalue weighted by molar-refractivity contribution is 0.338. The van der Waals surface area contributed by atoms with Gasteiger partial charge in [-0.1, -0.05) is 11.6 Å². The maximum Gasteiger partial charge on any atom is 0.157 e. The summed E-state index contributed by atoms with van der Waals surface area (Å²) in [6.45, 7) is 0. The summed E-state index contributed by atoms with van der Waals surface area (Å²) in [5.41, 5.74) is 6.54. The number of hydrogen-bond acceptors (Lipinski definition) is 3. The summed E-state index contributed by atoms with van der Waals surface area (Å²) in [4.78, 5) is 4.44. The maximum absolute atomic E-state index is 5.88. The summed E-state index contributed by atoms with van der Waals surface area (Å²) in [6, 6.07) is 3.95. The van der Waals surface area contributed by atoms with Crippen molar-refractivity contribution in [1.29, 1.82) is 0 Å². The third-order valence-electron chi connectivity index (χ3n) is 2.86. The molecule has 1 aliphatic carbocycles. The van der Waals surface area contributed by atoms with E-state index in [1.54, 1.807) is 10.6 Å². The van der Waals surface area contributed by atoms with E-state index in [9.17, 15) is 0 Å². The van der Waals surface area contributed by atoms with E-state index in [1.165, 1.54) is 0 Å². The molecule has 0 amide bonds. The van der Waals surface area contributed by atoms with Crippen LogP contribution in [0, 0.1) is 0 Å². The van der Waals surface area contributed by atoms with Gasteiger partial charge in [-0.3, -0.25) is 0 Å². The van der Waals surface area contributed by atoms with Gasteiger partial charge in [-0.15, -0.1) is 0 Å². The van der Waals surface area contributed by atoms with Gasteiger partial charge in [-0.25, -0.2) is 9.50 Å². The van der Waals surface area contributed by atoms with Gasteiger partial charge in [-0.05, 0) is 18.9 Å². The van der Waals surface area contributed by atoms with E-state index >= 15 is 0 Å². The Labute approximate surface area is 92.1 Å². The second kappa shape index (κ2) is 3.18. The topological polar surface area (TPSA) is 56.2 Å². The Bertz CT molecular complexity index is 501. The zero-order chi connectivity index (χ0) is 10.4. The lowest BCUT2D eigenvalue weighted by Gasteiger charge is -2.29. The molecule has 5 heteroatoms. The zero-order valence-corrected chi connectivity index (χ0v) is 8.85. The van der Waals surface area contributed by atoms with Crippen molar-refractivity contribution < 1.29 is 0 Å². The van der Waals surface area contributed by atoms with Crippen molar-refractivity contribution in [3.05, 3.63) is 29.2 Å². The molecule has 2 aromatic rings. The van der Waals surface area contributed by atoms with Crippen LogP contribution in [-0.2, 0) is 0 Å². The van der Waals surface area contributed by atoms with Crippen molar-refractivity contribution in [1.82, 2.24) is 14.6 Å². The molecule has 15 heavy (non-hydrogen) atoms. The Kier molecular flexibility index (Phi) is 1.94. The van der Waals surface area contributed by atoms with Crippen LogP contribution in [0.1, 0.15) is 24.6 Å². The maximum atomic E-state index is 5.88. The number of nitrogens with zero attached hydrogens (tertiary/aromatic N) is 3. The number of nitrogens with two attached hydrogens (primary N) is 1. The molecule has 1 aliphatic rings. The van der Waals surface area contributed by atoms with E-state index in [1.807, 2.05) is 12.3 Å². The summed E-state index contributed by atoms with van der Waals surface area (Å²) in [7, 11) is 0. The monoisotopic (exact) mass is 222 g/mol. The van der Waals surface area contributed by atoms with Gasteiger partial charge in [0.05, 0.1) is 0 Å². The number of rotatable bonds is 1. The summed E-state index contributed by atoms with van der Waals surface area (Å²) >= 11 is 5.88. The van der Waals surface area contributed by atoms with Crippen LogP contribution in [0.25, 0.3) is 5.65 Å². The Morgan fingerprint density at radius 2 is 2.27 bits per heavy atom. The first-order valence-corrected chi connectivity index (χ1v) is 5.37. The molecule has 3 rings (SSSR count). The van der Waals surface area contributed by atoms with Crippen LogP contribution in [0.15, 0.2) is 18.3 Å². The first-order valence-electron chi connectivity index (χ1n) is 5.00. The minimum atomic E-state index is 0.324. The third-order valence-corrected chi connectivity index (χ3v) is 3.09. The standard InChI is InChI=1S/C10H11ClN4/c11-7-1-2-15-9(5-7)13-10(14-15)6-3-8(12)4-6/h1-2,5-6,8H,3-4,12H2. The van der Waals surface area contributed by atoms with Crippen molar-refractivity contribution >= 4 is 17.2 Å². The molecule has 2 aromatic heterocycles. The normalized spacial score (nSPS) is 25.5. The predicted molar refractivity (Wildman–Crippen MR) is 57.9 cm³/mol. The van der Waals surface area contributed by atoms with Crippen LogP contribution in [-0.4, -0.2) is 20.6 Å². The van der Waals surface area contributed by atoms with Crippen LogP contribution in [0.2, 0.25) is 5.02 Å². The van der Waals surface area contributed by atoms with Crippen LogP contribution >= 0.6 is 11.6 Å². The van der Waals surface area contributed by atoms with E-state index < -0.39 is 0 Å². The van der Waals surface area contributed by atoms with E-state index in [0.29, 0.717) is 17.0 Å². The highest BCUT2D eigenvalue weighted by Crippen LogP contribution is 2.33. The first kappa shape index (κ1) is 9.12. The largest absolute Gasteiger partial charge is 0.328 e. The average molecular weight is 223 g/mol. The number of fused-ring (bicyclic) bond motifs is 1. The van der Waals surface area contributed by atoms with Crippen LogP contribution in [0.5, 0.6) is 0 Å². The number of pyridine rings is 1. The van der Waals surface area contributed by atoms with Crippen molar-refractivity contribution in [2.45, 2.75) is 24.8 Å². The van der Waals surface area contributed by atoms with E-state index in [-0.39, 0.29) is 0 Å². The van der Waals surface area contributed by atoms with Crippen molar-refractivity contribution in [3.63, 3.8) is 0 Å². The second-order valence-electron chi connectivity index (χ2n) is 4.05. The molecule has 1 fully saturated rings. The predicted octanol–water partition coefficient (Wildman–Crippen LogP) is 1.59. The number of aromatic nitrogens is 3. The summed E-state index contributed by atoms with van der Waals surface area (Å²) in [5.74, 6) is 1.32. The van der Waals surface area contributed by atoms with Gasteiger partial charge in [-0.2, -0.15) is 5.10 Å². The van der Waals surface area contributed by atoms with E-state index in [2.05, 4.69) is 10.1 Å². The van der Waals surface area contributed by atoms with E-state index in [0.717, 1.165) is 24.3 Å². The molecule has 0 radical (unpaired) electrons. The molecule has 1 saturated carbocycles. The third kappa shape index (κ3) is 1.50. The van der Waals surface area contributed by atoms with Gasteiger partial charge >= 0.3 is 0 Å². The van der Waals surface area contributed by atoms with E-state index in [4.69, 9.17) is 17.3 Å². The number of halogens is 1. The van der Waals surface area contributed by atoms with Gasteiger partial charge in [0.15, 0.2) is 11.5 Å². The first-order chi connectivity index (χ1) is 7.22. The highest BCUT2D eigenvalue weighted by atomic mass is 35.5. The zero-order valence-electron chi connectivity index (χ0n) is 8.10. The molecular weight excluding hydrogens is 212 g/mol. The lowest BCUT2D eigenvalue weighted by atomic mass is 9.80. The Morgan fingerprint density at radius 3 is 3.00 bits per heavy atom. The minimum absolute atomic E-state index is 0.324. The lowest BCUT2D eigenvalue weighted by Crippen LogP contribution is -2.35. The van der Waals surface area contributed by atoms with Crippen LogP contribution in [0.4, 0.5) is 0 Å². The van der Waals surface area contributed by atoms with Crippen LogP contribution < -0.4 is 5.73 Å². The highest BCUT2D eigenvalue weighted by molar-refractivity contribution is 6.30. The minimum Gasteiger partial charge on any atom is -0.328 e. The summed E-state index contributed by atoms with van der Waals surface area (Å²) in [6.07, 6.45) is 3.81. The molecule has 2 heterocycles. The van der Waals surface area contributed by atoms with Crippen LogP contribution in [0.3, 0.4) is 0 Å². The molecule has 0 spiro atoms. The summed E-state index contributed by atoms with van der Waals surface area (Å²) < 4.78 is 1.76. The smallest absolute Gasteiger partial charge is 0.157 e. The molecular formula is C10H11ClN4. The molecule has 78 valence electrons. The fourth-order valence-corrected chi connectivity index (χ4v) is 2.07.